The molecule has 11 heteroatoms. The van der Waals surface area contributed by atoms with E-state index in [1.807, 2.05) is 43.3 Å². The fraction of sp³-hybridized carbons (Fsp3) is 0.345. The molecular weight excluding hydrogens is 526 g/mol. The van der Waals surface area contributed by atoms with Crippen molar-refractivity contribution in [3.63, 3.8) is 0 Å². The maximum atomic E-state index is 15.6. The van der Waals surface area contributed by atoms with Crippen LogP contribution in [-0.2, 0) is 16.8 Å². The van der Waals surface area contributed by atoms with Gasteiger partial charge in [-0.2, -0.15) is 0 Å². The summed E-state index contributed by atoms with van der Waals surface area (Å²) in [5.41, 5.74) is 10.6. The molecule has 2 aliphatic rings. The summed E-state index contributed by atoms with van der Waals surface area (Å²) in [5, 5.41) is 9.67. The number of hydrogen-bond donors (Lipinski definition) is 3. The fourth-order valence-corrected chi connectivity index (χ4v) is 6.60. The molecule has 0 aliphatic heterocycles. The first-order chi connectivity index (χ1) is 18.9. The summed E-state index contributed by atoms with van der Waals surface area (Å²) in [6.07, 6.45) is -1.11. The molecule has 0 spiro atoms. The highest BCUT2D eigenvalue weighted by molar-refractivity contribution is 5.86. The van der Waals surface area contributed by atoms with Crippen molar-refractivity contribution < 1.29 is 27.5 Å². The molecule has 208 valence electrons. The van der Waals surface area contributed by atoms with E-state index in [-0.39, 0.29) is 28.8 Å². The number of aliphatic carboxylic acids is 1. The Morgan fingerprint density at radius 1 is 1.05 bits per heavy atom. The molecule has 40 heavy (non-hydrogen) atoms. The van der Waals surface area contributed by atoms with Crippen LogP contribution in [0.3, 0.4) is 0 Å². The molecule has 2 unspecified atom stereocenters. The van der Waals surface area contributed by atoms with Crippen LogP contribution in [0.15, 0.2) is 60.9 Å². The van der Waals surface area contributed by atoms with E-state index < -0.39 is 47.9 Å². The van der Waals surface area contributed by atoms with Crippen LogP contribution in [0.25, 0.3) is 16.8 Å². The number of carbonyl (C=O) groups is 1. The number of fused-ring (bicyclic) bond motifs is 3. The number of alkyl halides is 4. The number of nitrogens with zero attached hydrogens (tertiary/aromatic N) is 3. The lowest BCUT2D eigenvalue weighted by Crippen LogP contribution is -2.51. The first-order valence-corrected chi connectivity index (χ1v) is 12.9. The second kappa shape index (κ2) is 8.50. The van der Waals surface area contributed by atoms with Crippen LogP contribution < -0.4 is 11.5 Å². The average Bonchev–Trinajstić information content (AvgIpc) is 3.51. The van der Waals surface area contributed by atoms with Gasteiger partial charge in [0.1, 0.15) is 28.3 Å². The number of benzene rings is 2. The van der Waals surface area contributed by atoms with Crippen molar-refractivity contribution in [2.75, 3.05) is 5.73 Å². The number of carboxylic acid groups (broad SMARTS) is 1. The van der Waals surface area contributed by atoms with Crippen LogP contribution in [0.2, 0.25) is 0 Å². The molecule has 3 atom stereocenters. The molecule has 2 bridgehead atoms. The largest absolute Gasteiger partial charge is 0.481 e. The minimum atomic E-state index is -3.84. The Kier molecular flexibility index (Phi) is 5.58. The zero-order valence-electron chi connectivity index (χ0n) is 21.5. The second-order valence-electron chi connectivity index (χ2n) is 11.0. The number of anilines is 1. The van der Waals surface area contributed by atoms with Gasteiger partial charge in [-0.05, 0) is 23.1 Å². The van der Waals surface area contributed by atoms with Crippen LogP contribution >= 0.6 is 0 Å². The monoisotopic (exact) mass is 553 g/mol. The van der Waals surface area contributed by atoms with Crippen LogP contribution in [0.4, 0.5) is 23.4 Å². The minimum absolute atomic E-state index is 0.0146. The van der Waals surface area contributed by atoms with Crippen LogP contribution in [0.1, 0.15) is 54.6 Å². The molecule has 0 amide bonds. The summed E-state index contributed by atoms with van der Waals surface area (Å²) < 4.78 is 62.8. The van der Waals surface area contributed by atoms with Gasteiger partial charge in [0, 0.05) is 43.3 Å². The van der Waals surface area contributed by atoms with Crippen molar-refractivity contribution in [2.24, 2.45) is 11.1 Å². The van der Waals surface area contributed by atoms with Crippen LogP contribution in [0.5, 0.6) is 0 Å². The normalized spacial score (nSPS) is 25.4. The molecular formula is C29H27F4N5O2. The highest BCUT2D eigenvalue weighted by atomic mass is 19.3. The van der Waals surface area contributed by atoms with Gasteiger partial charge in [-0.3, -0.25) is 9.20 Å². The van der Waals surface area contributed by atoms with E-state index in [9.17, 15) is 9.90 Å². The summed E-state index contributed by atoms with van der Waals surface area (Å²) in [7, 11) is 0. The topological polar surface area (TPSA) is 120 Å². The Hall–Kier alpha value is -3.99. The Bertz CT molecular complexity index is 1650. The molecule has 2 aromatic heterocycles. The van der Waals surface area contributed by atoms with Gasteiger partial charge in [-0.1, -0.05) is 55.5 Å². The third kappa shape index (κ3) is 3.43. The Morgan fingerprint density at radius 3 is 2.42 bits per heavy atom. The number of carboxylic acids is 1. The molecule has 0 radical (unpaired) electrons. The Morgan fingerprint density at radius 2 is 1.77 bits per heavy atom. The maximum Gasteiger partial charge on any atom is 0.316 e. The fourth-order valence-electron chi connectivity index (χ4n) is 6.60. The smallest absolute Gasteiger partial charge is 0.316 e. The predicted molar refractivity (Wildman–Crippen MR) is 140 cm³/mol. The van der Waals surface area contributed by atoms with Crippen molar-refractivity contribution in [3.05, 3.63) is 83.4 Å². The molecule has 2 aromatic carbocycles. The number of imidazole rings is 1. The van der Waals surface area contributed by atoms with Gasteiger partial charge in [0.05, 0.1) is 5.41 Å². The lowest BCUT2D eigenvalue weighted by Gasteiger charge is -2.38. The van der Waals surface area contributed by atoms with E-state index in [0.29, 0.717) is 12.1 Å². The lowest BCUT2D eigenvalue weighted by atomic mass is 9.76. The number of nitrogen functional groups attached to an aromatic ring is 1. The van der Waals surface area contributed by atoms with Gasteiger partial charge in [-0.25, -0.2) is 27.5 Å². The van der Waals surface area contributed by atoms with Gasteiger partial charge >= 0.3 is 5.97 Å². The first-order valence-electron chi connectivity index (χ1n) is 12.9. The molecule has 7 nitrogen and oxygen atoms in total. The number of nitrogens with two attached hydrogens (primary N) is 2. The molecule has 4 aromatic rings. The SMILES string of the molecule is C[C@@H](c1ccc(-c2nc(C34CC(F)(F)C(C(=O)O)(CC3(F)F)C4)n3ccnc(N)c23)cc1)c1cccc(CN)c1. The van der Waals surface area contributed by atoms with Crippen molar-refractivity contribution in [2.45, 2.75) is 55.9 Å². The van der Waals surface area contributed by atoms with Gasteiger partial charge in [-0.15, -0.1) is 0 Å². The number of halogens is 4. The predicted octanol–water partition coefficient (Wildman–Crippen LogP) is 5.37. The van der Waals surface area contributed by atoms with Gasteiger partial charge < -0.3 is 16.6 Å². The molecule has 6 rings (SSSR count). The first kappa shape index (κ1) is 26.2. The average molecular weight is 554 g/mol. The van der Waals surface area contributed by atoms with E-state index in [1.54, 1.807) is 12.1 Å². The quantitative estimate of drug-likeness (QED) is 0.277. The van der Waals surface area contributed by atoms with Gasteiger partial charge in [0.15, 0.2) is 0 Å². The third-order valence-electron chi connectivity index (χ3n) is 8.84. The van der Waals surface area contributed by atoms with Crippen molar-refractivity contribution >= 4 is 17.3 Å². The Balaban J connectivity index is 1.47. The second-order valence-corrected chi connectivity index (χ2v) is 11.0. The highest BCUT2D eigenvalue weighted by Gasteiger charge is 2.84. The van der Waals surface area contributed by atoms with E-state index in [4.69, 9.17) is 11.5 Å². The third-order valence-corrected chi connectivity index (χ3v) is 8.84. The van der Waals surface area contributed by atoms with E-state index in [1.165, 1.54) is 16.8 Å². The lowest BCUT2D eigenvalue weighted by molar-refractivity contribution is -0.197. The molecule has 0 saturated heterocycles. The summed E-state index contributed by atoms with van der Waals surface area (Å²) in [4.78, 5) is 20.5. The summed E-state index contributed by atoms with van der Waals surface area (Å²) >= 11 is 0. The van der Waals surface area contributed by atoms with Crippen LogP contribution in [-0.4, -0.2) is 37.3 Å². The zero-order chi connectivity index (χ0) is 28.7. The molecule has 2 heterocycles. The van der Waals surface area contributed by atoms with E-state index in [0.717, 1.165) is 16.7 Å². The van der Waals surface area contributed by atoms with Crippen molar-refractivity contribution in [3.8, 4) is 11.3 Å². The minimum Gasteiger partial charge on any atom is -0.481 e. The van der Waals surface area contributed by atoms with Gasteiger partial charge in [0.25, 0.3) is 11.8 Å². The van der Waals surface area contributed by atoms with Crippen molar-refractivity contribution in [1.82, 2.24) is 14.4 Å². The summed E-state index contributed by atoms with van der Waals surface area (Å²) in [6, 6.07) is 15.2. The van der Waals surface area contributed by atoms with Crippen molar-refractivity contribution in [1.29, 1.82) is 0 Å². The standard InChI is InChI=1S/C29H27F4N5O2/c1-16(20-4-2-3-17(11-20)12-34)18-5-7-19(8-6-18)21-22-23(35)36-9-10-38(22)24(37-21)26-13-27(25(39)40,15-28(26,30)31)29(32,33)14-26/h2-11,16H,12-15,34H2,1H3,(H2,35,36)(H,39,40)/t16-,26?,27?/m0/s1. The molecule has 2 aliphatic carbocycles. The van der Waals surface area contributed by atoms with Gasteiger partial charge in [0.2, 0.25) is 0 Å². The number of aromatic nitrogens is 3. The maximum absolute atomic E-state index is 15.6. The summed E-state index contributed by atoms with van der Waals surface area (Å²) in [5.74, 6) is -9.83. The highest BCUT2D eigenvalue weighted by Crippen LogP contribution is 2.73. The Labute approximate surface area is 226 Å². The zero-order valence-corrected chi connectivity index (χ0v) is 21.5. The molecule has 2 saturated carbocycles. The number of rotatable bonds is 6. The summed E-state index contributed by atoms with van der Waals surface area (Å²) in [6.45, 7) is 2.47. The van der Waals surface area contributed by atoms with E-state index in [2.05, 4.69) is 9.97 Å². The molecule has 5 N–H and O–H groups in total. The van der Waals surface area contributed by atoms with E-state index >= 15 is 17.6 Å². The number of hydrogen-bond acceptors (Lipinski definition) is 5. The van der Waals surface area contributed by atoms with Crippen LogP contribution in [0, 0.1) is 5.41 Å². The molecule has 2 fully saturated rings.